The van der Waals surface area contributed by atoms with Gasteiger partial charge in [-0.15, -0.1) is 24.5 Å². The summed E-state index contributed by atoms with van der Waals surface area (Å²) >= 11 is 0.938. The summed E-state index contributed by atoms with van der Waals surface area (Å²) < 4.78 is 41.4. The van der Waals surface area contributed by atoms with E-state index in [9.17, 15) is 22.8 Å². The van der Waals surface area contributed by atoms with Gasteiger partial charge in [0.1, 0.15) is 11.4 Å². The van der Waals surface area contributed by atoms with E-state index in [2.05, 4.69) is 15.0 Å². The molecule has 0 aliphatic carbocycles. The smallest absolute Gasteiger partial charge is 0.405 e. The number of benzene rings is 1. The molecule has 138 valence electrons. The number of aromatic nitrogens is 1. The highest BCUT2D eigenvalue weighted by Gasteiger charge is 2.33. The van der Waals surface area contributed by atoms with Crippen LogP contribution in [-0.4, -0.2) is 36.0 Å². The number of halogens is 3. The third-order valence-corrected chi connectivity index (χ3v) is 4.86. The zero-order chi connectivity index (χ0) is 18.7. The number of nitrogens with one attached hydrogen (secondary N) is 1. The molecule has 0 spiro atoms. The highest BCUT2D eigenvalue weighted by Crippen LogP contribution is 2.29. The van der Waals surface area contributed by atoms with Gasteiger partial charge in [0.15, 0.2) is 10.8 Å². The van der Waals surface area contributed by atoms with Crippen LogP contribution in [0.3, 0.4) is 0 Å². The van der Waals surface area contributed by atoms with Gasteiger partial charge in [0.05, 0.1) is 5.56 Å². The molecule has 1 aromatic carbocycles. The molecule has 1 saturated heterocycles. The third kappa shape index (κ3) is 4.28. The van der Waals surface area contributed by atoms with Crippen molar-refractivity contribution in [3.8, 4) is 5.75 Å². The number of ketones is 2. The zero-order valence-electron chi connectivity index (χ0n) is 13.5. The second-order valence-corrected chi connectivity index (χ2v) is 6.66. The highest BCUT2D eigenvalue weighted by molar-refractivity contribution is 7.12. The number of ether oxygens (including phenoxy) is 1. The predicted molar refractivity (Wildman–Crippen MR) is 88.6 cm³/mol. The molecule has 1 aromatic heterocycles. The minimum Gasteiger partial charge on any atom is -0.405 e. The average molecular weight is 384 g/mol. The SMILES string of the molecule is O=C(c1nc(C(=O)C2CCNCC2)cs1)c1ccccc1OC(F)(F)F. The fourth-order valence-electron chi connectivity index (χ4n) is 2.77. The molecule has 0 unspecified atom stereocenters. The third-order valence-electron chi connectivity index (χ3n) is 4.02. The summed E-state index contributed by atoms with van der Waals surface area (Å²) in [4.78, 5) is 29.1. The Hall–Kier alpha value is -2.26. The Morgan fingerprint density at radius 2 is 1.88 bits per heavy atom. The molecule has 0 amide bonds. The predicted octanol–water partition coefficient (Wildman–Crippen LogP) is 3.46. The molecule has 3 rings (SSSR count). The van der Waals surface area contributed by atoms with E-state index in [-0.39, 0.29) is 28.0 Å². The van der Waals surface area contributed by atoms with Crippen molar-refractivity contribution >= 4 is 22.9 Å². The van der Waals surface area contributed by atoms with Gasteiger partial charge in [-0.25, -0.2) is 4.98 Å². The van der Waals surface area contributed by atoms with E-state index >= 15 is 0 Å². The number of rotatable bonds is 5. The monoisotopic (exact) mass is 384 g/mol. The van der Waals surface area contributed by atoms with Crippen LogP contribution in [0.15, 0.2) is 29.6 Å². The Morgan fingerprint density at radius 3 is 2.58 bits per heavy atom. The fraction of sp³-hybridized carbons (Fsp3) is 0.353. The number of carbonyl (C=O) groups is 2. The van der Waals surface area contributed by atoms with Crippen LogP contribution in [-0.2, 0) is 0 Å². The Balaban J connectivity index is 1.81. The van der Waals surface area contributed by atoms with Crippen LogP contribution >= 0.6 is 11.3 Å². The van der Waals surface area contributed by atoms with Gasteiger partial charge in [-0.3, -0.25) is 9.59 Å². The molecule has 0 bridgehead atoms. The maximum atomic E-state index is 12.5. The average Bonchev–Trinajstić information content (AvgIpc) is 3.10. The van der Waals surface area contributed by atoms with E-state index in [4.69, 9.17) is 0 Å². The second kappa shape index (κ2) is 7.55. The first-order chi connectivity index (χ1) is 12.3. The van der Waals surface area contributed by atoms with E-state index in [1.807, 2.05) is 0 Å². The molecule has 2 heterocycles. The quantitative estimate of drug-likeness (QED) is 0.800. The summed E-state index contributed by atoms with van der Waals surface area (Å²) in [6.45, 7) is 1.49. The molecule has 2 aromatic rings. The number of hydrogen-bond donors (Lipinski definition) is 1. The van der Waals surface area contributed by atoms with Crippen LogP contribution in [0.2, 0.25) is 0 Å². The number of para-hydroxylation sites is 1. The van der Waals surface area contributed by atoms with Crippen molar-refractivity contribution in [3.05, 3.63) is 45.9 Å². The van der Waals surface area contributed by atoms with Crippen molar-refractivity contribution in [3.63, 3.8) is 0 Å². The lowest BCUT2D eigenvalue weighted by molar-refractivity contribution is -0.274. The van der Waals surface area contributed by atoms with E-state index < -0.39 is 17.9 Å². The summed E-state index contributed by atoms with van der Waals surface area (Å²) in [5.74, 6) is -1.59. The molecular weight excluding hydrogens is 369 g/mol. The molecule has 9 heteroatoms. The van der Waals surface area contributed by atoms with Gasteiger partial charge in [0, 0.05) is 11.3 Å². The minimum atomic E-state index is -4.91. The maximum absolute atomic E-state index is 12.5. The van der Waals surface area contributed by atoms with Gasteiger partial charge in [0.25, 0.3) is 0 Å². The summed E-state index contributed by atoms with van der Waals surface area (Å²) in [6, 6.07) is 5.07. The lowest BCUT2D eigenvalue weighted by atomic mass is 9.92. The normalized spacial score (nSPS) is 15.7. The van der Waals surface area contributed by atoms with E-state index in [1.165, 1.54) is 23.6 Å². The van der Waals surface area contributed by atoms with Crippen molar-refractivity contribution in [1.82, 2.24) is 10.3 Å². The summed E-state index contributed by atoms with van der Waals surface area (Å²) in [7, 11) is 0. The molecule has 0 atom stereocenters. The summed E-state index contributed by atoms with van der Waals surface area (Å²) in [5, 5.41) is 4.60. The van der Waals surface area contributed by atoms with Gasteiger partial charge < -0.3 is 10.1 Å². The standard InChI is InChI=1S/C17H15F3N2O3S/c18-17(19,20)25-13-4-2-1-3-11(13)15(24)16-22-12(9-26-16)14(23)10-5-7-21-8-6-10/h1-4,9-10,21H,5-8H2. The first-order valence-electron chi connectivity index (χ1n) is 7.95. The maximum Gasteiger partial charge on any atom is 0.573 e. The van der Waals surface area contributed by atoms with Gasteiger partial charge in [-0.05, 0) is 38.1 Å². The number of hydrogen-bond acceptors (Lipinski definition) is 6. The molecule has 1 aliphatic rings. The first kappa shape index (κ1) is 18.5. The van der Waals surface area contributed by atoms with Crippen LogP contribution in [0.5, 0.6) is 5.75 Å². The Labute approximate surface area is 151 Å². The molecule has 0 radical (unpaired) electrons. The summed E-state index contributed by atoms with van der Waals surface area (Å²) in [6.07, 6.45) is -3.51. The van der Waals surface area contributed by atoms with Crippen LogP contribution in [0.25, 0.3) is 0 Å². The van der Waals surface area contributed by atoms with Crippen LogP contribution < -0.4 is 10.1 Å². The number of nitrogens with zero attached hydrogens (tertiary/aromatic N) is 1. The number of thiazole rings is 1. The van der Waals surface area contributed by atoms with Crippen molar-refractivity contribution in [2.75, 3.05) is 13.1 Å². The number of alkyl halides is 3. The number of carbonyl (C=O) groups excluding carboxylic acids is 2. The Kier molecular flexibility index (Phi) is 5.38. The molecule has 1 N–H and O–H groups in total. The van der Waals surface area contributed by atoms with Crippen molar-refractivity contribution < 1.29 is 27.5 Å². The van der Waals surface area contributed by atoms with Crippen LogP contribution in [0.1, 0.15) is 38.7 Å². The molecule has 26 heavy (non-hydrogen) atoms. The van der Waals surface area contributed by atoms with Gasteiger partial charge in [0.2, 0.25) is 5.78 Å². The second-order valence-electron chi connectivity index (χ2n) is 5.80. The lowest BCUT2D eigenvalue weighted by Gasteiger charge is -2.20. The molecular formula is C17H15F3N2O3S. The topological polar surface area (TPSA) is 68.3 Å². The van der Waals surface area contributed by atoms with E-state index in [0.717, 1.165) is 30.5 Å². The lowest BCUT2D eigenvalue weighted by Crippen LogP contribution is -2.32. The highest BCUT2D eigenvalue weighted by atomic mass is 32.1. The Bertz CT molecular complexity index is 814. The van der Waals surface area contributed by atoms with E-state index in [1.54, 1.807) is 0 Å². The summed E-state index contributed by atoms with van der Waals surface area (Å²) in [5.41, 5.74) is -0.0699. The van der Waals surface area contributed by atoms with Gasteiger partial charge in [-0.1, -0.05) is 12.1 Å². The van der Waals surface area contributed by atoms with Gasteiger partial charge >= 0.3 is 6.36 Å². The molecule has 5 nitrogen and oxygen atoms in total. The van der Waals surface area contributed by atoms with E-state index in [0.29, 0.717) is 12.8 Å². The largest absolute Gasteiger partial charge is 0.573 e. The van der Waals surface area contributed by atoms with Crippen molar-refractivity contribution in [1.29, 1.82) is 0 Å². The van der Waals surface area contributed by atoms with Crippen molar-refractivity contribution in [2.24, 2.45) is 5.92 Å². The van der Waals surface area contributed by atoms with Gasteiger partial charge in [-0.2, -0.15) is 0 Å². The molecule has 1 fully saturated rings. The zero-order valence-corrected chi connectivity index (χ0v) is 14.3. The molecule has 0 saturated carbocycles. The fourth-order valence-corrected chi connectivity index (χ4v) is 3.53. The Morgan fingerprint density at radius 1 is 1.19 bits per heavy atom. The minimum absolute atomic E-state index is 0.0412. The van der Waals surface area contributed by atoms with Crippen molar-refractivity contribution in [2.45, 2.75) is 19.2 Å². The van der Waals surface area contributed by atoms with Crippen LogP contribution in [0, 0.1) is 5.92 Å². The first-order valence-corrected chi connectivity index (χ1v) is 8.83. The van der Waals surface area contributed by atoms with Crippen LogP contribution in [0.4, 0.5) is 13.2 Å². The molecule has 1 aliphatic heterocycles. The number of Topliss-reactive ketones (excluding diaryl/α,β-unsaturated/α-hetero) is 1. The number of piperidine rings is 1.